The van der Waals surface area contributed by atoms with Crippen molar-refractivity contribution in [3.63, 3.8) is 0 Å². The Morgan fingerprint density at radius 1 is 1.48 bits per heavy atom. The van der Waals surface area contributed by atoms with Gasteiger partial charge in [0.25, 0.3) is 0 Å². The van der Waals surface area contributed by atoms with Crippen LogP contribution in [-0.4, -0.2) is 16.6 Å². The van der Waals surface area contributed by atoms with Gasteiger partial charge in [-0.3, -0.25) is 4.98 Å². The summed E-state index contributed by atoms with van der Waals surface area (Å²) >= 11 is 4.34. The third-order valence-electron chi connectivity index (χ3n) is 3.30. The van der Waals surface area contributed by atoms with Crippen LogP contribution in [-0.2, 0) is 9.53 Å². The van der Waals surface area contributed by atoms with E-state index in [1.807, 2.05) is 6.07 Å². The number of nitrogens with zero attached hydrogens (tertiary/aromatic N) is 2. The molecule has 1 N–H and O–H groups in total. The maximum absolute atomic E-state index is 12.7. The van der Waals surface area contributed by atoms with Crippen molar-refractivity contribution in [2.24, 2.45) is 0 Å². The van der Waals surface area contributed by atoms with E-state index in [0.29, 0.717) is 21.9 Å². The van der Waals surface area contributed by atoms with Gasteiger partial charge >= 0.3 is 5.97 Å². The number of esters is 1. The minimum Gasteiger partial charge on any atom is -0.457 e. The summed E-state index contributed by atoms with van der Waals surface area (Å²) in [5, 5.41) is 12.9. The first-order valence-corrected chi connectivity index (χ1v) is 7.63. The first-order valence-electron chi connectivity index (χ1n) is 7.19. The Hall–Kier alpha value is -2.26. The van der Waals surface area contributed by atoms with Gasteiger partial charge in [-0.25, -0.2) is 4.79 Å². The molecule has 1 atom stereocenters. The van der Waals surface area contributed by atoms with Gasteiger partial charge in [0.1, 0.15) is 5.60 Å². The van der Waals surface area contributed by atoms with Crippen LogP contribution in [0.3, 0.4) is 0 Å². The smallest absolute Gasteiger partial charge is 0.337 e. The molecule has 2 heterocycles. The van der Waals surface area contributed by atoms with Crippen LogP contribution in [0.25, 0.3) is 0 Å². The van der Waals surface area contributed by atoms with Crippen LogP contribution in [0, 0.1) is 11.3 Å². The van der Waals surface area contributed by atoms with Gasteiger partial charge < -0.3 is 10.1 Å². The molecule has 0 aliphatic carbocycles. The van der Waals surface area contributed by atoms with Gasteiger partial charge in [-0.1, -0.05) is 6.07 Å². The van der Waals surface area contributed by atoms with E-state index in [-0.39, 0.29) is 0 Å². The first kappa shape index (κ1) is 17.1. The molecule has 0 saturated heterocycles. The SMILES string of the molecule is CC1=C(C(=O)OC(C)(C)C)C(c2cccnc2)C(C#N)=C(S)N1. The van der Waals surface area contributed by atoms with E-state index >= 15 is 0 Å². The number of aromatic nitrogens is 1. The number of dihydropyridines is 1. The summed E-state index contributed by atoms with van der Waals surface area (Å²) < 4.78 is 5.51. The van der Waals surface area contributed by atoms with E-state index in [2.05, 4.69) is 29.0 Å². The van der Waals surface area contributed by atoms with Gasteiger partial charge in [-0.2, -0.15) is 5.26 Å². The molecule has 5 nitrogen and oxygen atoms in total. The summed E-state index contributed by atoms with van der Waals surface area (Å²) in [5.74, 6) is -0.998. The minimum atomic E-state index is -0.623. The lowest BCUT2D eigenvalue weighted by atomic mass is 9.83. The van der Waals surface area contributed by atoms with Crippen LogP contribution in [0.5, 0.6) is 0 Å². The van der Waals surface area contributed by atoms with E-state index < -0.39 is 17.5 Å². The van der Waals surface area contributed by atoms with E-state index in [9.17, 15) is 10.1 Å². The van der Waals surface area contributed by atoms with Crippen LogP contribution in [0.2, 0.25) is 0 Å². The van der Waals surface area contributed by atoms with E-state index in [0.717, 1.165) is 5.56 Å². The zero-order valence-electron chi connectivity index (χ0n) is 13.5. The number of hydrogen-bond donors (Lipinski definition) is 2. The van der Waals surface area contributed by atoms with Gasteiger partial charge in [0.15, 0.2) is 0 Å². The fraction of sp³-hybridized carbons (Fsp3) is 0.353. The van der Waals surface area contributed by atoms with Crippen LogP contribution < -0.4 is 5.32 Å². The largest absolute Gasteiger partial charge is 0.457 e. The molecule has 0 amide bonds. The van der Waals surface area contributed by atoms with Crippen LogP contribution in [0.4, 0.5) is 0 Å². The van der Waals surface area contributed by atoms with Crippen molar-refractivity contribution in [3.05, 3.63) is 52.0 Å². The Balaban J connectivity index is 2.55. The number of pyridine rings is 1. The van der Waals surface area contributed by atoms with Gasteiger partial charge in [0, 0.05) is 18.1 Å². The second-order valence-electron chi connectivity index (χ2n) is 6.26. The highest BCUT2D eigenvalue weighted by molar-refractivity contribution is 7.84. The molecule has 0 spiro atoms. The van der Waals surface area contributed by atoms with Gasteiger partial charge in [0.05, 0.1) is 28.2 Å². The number of allylic oxidation sites excluding steroid dienone is 2. The summed E-state index contributed by atoms with van der Waals surface area (Å²) in [5.41, 5.74) is 1.52. The molecule has 6 heteroatoms. The fourth-order valence-electron chi connectivity index (χ4n) is 2.41. The standard InChI is InChI=1S/C17H19N3O2S/c1-10-13(16(21)22-17(2,3)4)14(11-6-5-7-19-9-11)12(8-18)15(23)20-10/h5-7,9,14,20,23H,1-4H3. The maximum Gasteiger partial charge on any atom is 0.337 e. The molecule has 120 valence electrons. The molecular formula is C17H19N3O2S. The number of nitrogens with one attached hydrogen (secondary N) is 1. The lowest BCUT2D eigenvalue weighted by molar-refractivity contribution is -0.150. The summed E-state index contributed by atoms with van der Waals surface area (Å²) in [4.78, 5) is 16.8. The van der Waals surface area contributed by atoms with Crippen molar-refractivity contribution in [2.45, 2.75) is 39.2 Å². The van der Waals surface area contributed by atoms with Crippen molar-refractivity contribution in [1.82, 2.24) is 10.3 Å². The zero-order chi connectivity index (χ0) is 17.2. The predicted octanol–water partition coefficient (Wildman–Crippen LogP) is 3.05. The quantitative estimate of drug-likeness (QED) is 0.644. The molecule has 0 saturated carbocycles. The van der Waals surface area contributed by atoms with Crippen molar-refractivity contribution in [3.8, 4) is 6.07 Å². The Morgan fingerprint density at radius 3 is 2.70 bits per heavy atom. The topological polar surface area (TPSA) is 75.0 Å². The van der Waals surface area contributed by atoms with E-state index in [1.54, 1.807) is 46.2 Å². The highest BCUT2D eigenvalue weighted by atomic mass is 32.1. The number of thiol groups is 1. The second kappa shape index (κ2) is 6.47. The molecule has 1 aliphatic heterocycles. The number of rotatable bonds is 2. The lowest BCUT2D eigenvalue weighted by Crippen LogP contribution is -2.32. The van der Waals surface area contributed by atoms with Crippen LogP contribution >= 0.6 is 12.6 Å². The molecule has 0 bridgehead atoms. The molecular weight excluding hydrogens is 310 g/mol. The van der Waals surface area contributed by atoms with Crippen molar-refractivity contribution < 1.29 is 9.53 Å². The fourth-order valence-corrected chi connectivity index (χ4v) is 2.76. The highest BCUT2D eigenvalue weighted by Crippen LogP contribution is 2.39. The van der Waals surface area contributed by atoms with Crippen LogP contribution in [0.1, 0.15) is 39.2 Å². The molecule has 1 unspecified atom stereocenters. The van der Waals surface area contributed by atoms with E-state index in [1.165, 1.54) is 0 Å². The maximum atomic E-state index is 12.7. The summed E-state index contributed by atoms with van der Waals surface area (Å²) in [6.45, 7) is 7.19. The number of carbonyl (C=O) groups is 1. The summed E-state index contributed by atoms with van der Waals surface area (Å²) in [6.07, 6.45) is 3.29. The number of ether oxygens (including phenoxy) is 1. The molecule has 1 aliphatic rings. The second-order valence-corrected chi connectivity index (χ2v) is 6.71. The molecule has 0 aromatic carbocycles. The third kappa shape index (κ3) is 3.74. The van der Waals surface area contributed by atoms with Crippen molar-refractivity contribution >= 4 is 18.6 Å². The average molecular weight is 329 g/mol. The van der Waals surface area contributed by atoms with Crippen LogP contribution in [0.15, 0.2) is 46.4 Å². The molecule has 1 aromatic rings. The average Bonchev–Trinajstić information content (AvgIpc) is 2.45. The predicted molar refractivity (Wildman–Crippen MR) is 90.3 cm³/mol. The molecule has 0 radical (unpaired) electrons. The number of hydrogen-bond acceptors (Lipinski definition) is 6. The third-order valence-corrected chi connectivity index (χ3v) is 3.65. The monoisotopic (exact) mass is 329 g/mol. The number of nitriles is 1. The first-order chi connectivity index (χ1) is 10.7. The Morgan fingerprint density at radius 2 is 2.17 bits per heavy atom. The van der Waals surface area contributed by atoms with Crippen molar-refractivity contribution in [1.29, 1.82) is 5.26 Å². The summed E-state index contributed by atoms with van der Waals surface area (Å²) in [7, 11) is 0. The highest BCUT2D eigenvalue weighted by Gasteiger charge is 2.36. The Bertz CT molecular complexity index is 724. The minimum absolute atomic E-state index is 0.368. The molecule has 1 aromatic heterocycles. The Kier molecular flexibility index (Phi) is 4.81. The number of carbonyl (C=O) groups excluding carboxylic acids is 1. The van der Waals surface area contributed by atoms with Gasteiger partial charge in [-0.05, 0) is 39.3 Å². The van der Waals surface area contributed by atoms with Gasteiger partial charge in [0.2, 0.25) is 0 Å². The van der Waals surface area contributed by atoms with Gasteiger partial charge in [-0.15, -0.1) is 12.6 Å². The zero-order valence-corrected chi connectivity index (χ0v) is 14.4. The van der Waals surface area contributed by atoms with E-state index in [4.69, 9.17) is 4.74 Å². The normalized spacial score (nSPS) is 18.3. The van der Waals surface area contributed by atoms with Crippen molar-refractivity contribution in [2.75, 3.05) is 0 Å². The molecule has 0 fully saturated rings. The lowest BCUT2D eigenvalue weighted by Gasteiger charge is -2.30. The molecule has 23 heavy (non-hydrogen) atoms. The summed E-state index contributed by atoms with van der Waals surface area (Å²) in [6, 6.07) is 5.74. The Labute approximate surface area is 141 Å². The molecule has 2 rings (SSSR count).